The number of carbonyl (C=O) groups is 1. The Morgan fingerprint density at radius 3 is 2.51 bits per heavy atom. The van der Waals surface area contributed by atoms with Gasteiger partial charge < -0.3 is 20.3 Å². The number of carbonyl (C=O) groups excluding carboxylic acids is 1. The molecule has 0 bridgehead atoms. The number of benzene rings is 2. The molecular formula is C26H33N5O4. The number of nitrogens with one attached hydrogen (secondary N) is 1. The van der Waals surface area contributed by atoms with Crippen LogP contribution in [0.4, 0.5) is 0 Å². The van der Waals surface area contributed by atoms with Crippen molar-refractivity contribution < 1.29 is 19.7 Å². The summed E-state index contributed by atoms with van der Waals surface area (Å²) in [7, 11) is 0. The summed E-state index contributed by atoms with van der Waals surface area (Å²) < 4.78 is 7.11. The summed E-state index contributed by atoms with van der Waals surface area (Å²) in [6.45, 7) is 12.3. The van der Waals surface area contributed by atoms with Gasteiger partial charge in [0.15, 0.2) is 5.82 Å². The van der Waals surface area contributed by atoms with Gasteiger partial charge >= 0.3 is 0 Å². The average molecular weight is 480 g/mol. The fourth-order valence-electron chi connectivity index (χ4n) is 4.32. The molecule has 9 nitrogen and oxygen atoms in total. The molecule has 1 saturated heterocycles. The third kappa shape index (κ3) is 5.16. The molecular weight excluding hydrogens is 446 g/mol. The van der Waals surface area contributed by atoms with E-state index in [0.29, 0.717) is 29.2 Å². The molecule has 35 heavy (non-hydrogen) atoms. The van der Waals surface area contributed by atoms with E-state index in [1.54, 1.807) is 10.6 Å². The smallest absolute Gasteiger partial charge is 0.289 e. The van der Waals surface area contributed by atoms with Crippen molar-refractivity contribution in [3.63, 3.8) is 0 Å². The molecule has 3 aromatic rings. The van der Waals surface area contributed by atoms with E-state index in [2.05, 4.69) is 26.5 Å². The van der Waals surface area contributed by atoms with Crippen molar-refractivity contribution in [2.75, 3.05) is 32.8 Å². The molecule has 0 saturated carbocycles. The summed E-state index contributed by atoms with van der Waals surface area (Å²) >= 11 is 0. The fourth-order valence-corrected chi connectivity index (χ4v) is 4.32. The number of ether oxygens (including phenoxy) is 1. The number of amides is 1. The van der Waals surface area contributed by atoms with E-state index in [1.807, 2.05) is 39.8 Å². The summed E-state index contributed by atoms with van der Waals surface area (Å²) in [6, 6.07) is 9.02. The second-order valence-corrected chi connectivity index (χ2v) is 9.12. The first-order valence-electron chi connectivity index (χ1n) is 12.0. The van der Waals surface area contributed by atoms with Gasteiger partial charge in [0.2, 0.25) is 5.82 Å². The number of morpholine rings is 1. The molecule has 9 heteroatoms. The minimum Gasteiger partial charge on any atom is -0.508 e. The molecule has 4 rings (SSSR count). The van der Waals surface area contributed by atoms with E-state index in [9.17, 15) is 15.0 Å². The number of hydrogen-bond acceptors (Lipinski definition) is 7. The van der Waals surface area contributed by atoms with Crippen LogP contribution < -0.4 is 5.32 Å². The number of phenols is 2. The number of phenolic OH excluding ortho intramolecular Hbond substituents is 2. The first-order chi connectivity index (χ1) is 16.8. The maximum absolute atomic E-state index is 12.9. The van der Waals surface area contributed by atoms with Crippen LogP contribution in [0.1, 0.15) is 54.0 Å². The van der Waals surface area contributed by atoms with Crippen molar-refractivity contribution in [3.05, 3.63) is 52.8 Å². The number of aromatic nitrogens is 3. The highest BCUT2D eigenvalue weighted by Gasteiger charge is 2.24. The Balaban J connectivity index is 1.81. The van der Waals surface area contributed by atoms with Gasteiger partial charge in [-0.05, 0) is 54.7 Å². The monoisotopic (exact) mass is 479 g/mol. The molecule has 1 aliphatic heterocycles. The normalized spacial score (nSPS) is 14.4. The molecule has 0 aliphatic carbocycles. The van der Waals surface area contributed by atoms with Crippen LogP contribution in [0.3, 0.4) is 0 Å². The highest BCUT2D eigenvalue weighted by atomic mass is 16.5. The third-order valence-corrected chi connectivity index (χ3v) is 6.29. The average Bonchev–Trinajstić information content (AvgIpc) is 3.26. The van der Waals surface area contributed by atoms with Crippen molar-refractivity contribution in [1.82, 2.24) is 25.0 Å². The van der Waals surface area contributed by atoms with Crippen molar-refractivity contribution in [2.24, 2.45) is 0 Å². The lowest BCUT2D eigenvalue weighted by Gasteiger charge is -2.27. The molecule has 2 heterocycles. The topological polar surface area (TPSA) is 113 Å². The molecule has 1 amide bonds. The van der Waals surface area contributed by atoms with Gasteiger partial charge in [-0.15, -0.1) is 10.2 Å². The first kappa shape index (κ1) is 24.7. The maximum atomic E-state index is 12.9. The predicted octanol–water partition coefficient (Wildman–Crippen LogP) is 3.36. The third-order valence-electron chi connectivity index (χ3n) is 6.29. The highest BCUT2D eigenvalue weighted by molar-refractivity contribution is 5.92. The number of rotatable bonds is 7. The van der Waals surface area contributed by atoms with Crippen LogP contribution in [0.2, 0.25) is 0 Å². The van der Waals surface area contributed by atoms with E-state index >= 15 is 0 Å². The summed E-state index contributed by atoms with van der Waals surface area (Å²) in [6.07, 6.45) is 0. The quantitative estimate of drug-likeness (QED) is 0.476. The van der Waals surface area contributed by atoms with E-state index in [1.165, 1.54) is 11.6 Å². The minimum absolute atomic E-state index is 0.0135. The largest absolute Gasteiger partial charge is 0.508 e. The lowest BCUT2D eigenvalue weighted by atomic mass is 9.98. The van der Waals surface area contributed by atoms with Crippen molar-refractivity contribution in [2.45, 2.75) is 40.2 Å². The Morgan fingerprint density at radius 2 is 1.86 bits per heavy atom. The second kappa shape index (κ2) is 10.5. The zero-order valence-corrected chi connectivity index (χ0v) is 20.7. The molecule has 0 atom stereocenters. The highest BCUT2D eigenvalue weighted by Crippen LogP contribution is 2.38. The van der Waals surface area contributed by atoms with Crippen LogP contribution in [0.25, 0.3) is 17.1 Å². The van der Waals surface area contributed by atoms with Crippen LogP contribution in [0.5, 0.6) is 11.5 Å². The Hall–Kier alpha value is -3.43. The summed E-state index contributed by atoms with van der Waals surface area (Å²) in [5, 5.41) is 32.3. The summed E-state index contributed by atoms with van der Waals surface area (Å²) in [5.41, 5.74) is 4.05. The minimum atomic E-state index is -0.358. The van der Waals surface area contributed by atoms with Crippen LogP contribution in [-0.4, -0.2) is 68.6 Å². The SMILES string of the molecule is CCNC(=O)c1nnc(-c2cc(C(C)C)c(O)cc2O)n1-c1ccc(CN2CCOCC2)c(C)c1. The van der Waals surface area contributed by atoms with Gasteiger partial charge in [0, 0.05) is 37.9 Å². The zero-order valence-electron chi connectivity index (χ0n) is 20.7. The Kier molecular flexibility index (Phi) is 7.37. The van der Waals surface area contributed by atoms with Gasteiger partial charge in [0.05, 0.1) is 18.8 Å². The van der Waals surface area contributed by atoms with Gasteiger partial charge in [-0.1, -0.05) is 19.9 Å². The van der Waals surface area contributed by atoms with Crippen LogP contribution in [-0.2, 0) is 11.3 Å². The molecule has 3 N–H and O–H groups in total. The number of aromatic hydroxyl groups is 2. The summed E-state index contributed by atoms with van der Waals surface area (Å²) in [4.78, 5) is 15.2. The van der Waals surface area contributed by atoms with Gasteiger partial charge in [-0.2, -0.15) is 0 Å². The van der Waals surface area contributed by atoms with Gasteiger partial charge in [0.1, 0.15) is 11.5 Å². The molecule has 1 aromatic heterocycles. The van der Waals surface area contributed by atoms with Crippen molar-refractivity contribution in [1.29, 1.82) is 0 Å². The van der Waals surface area contributed by atoms with Crippen LogP contribution in [0.15, 0.2) is 30.3 Å². The van der Waals surface area contributed by atoms with Crippen LogP contribution in [0, 0.1) is 6.92 Å². The van der Waals surface area contributed by atoms with E-state index in [-0.39, 0.29) is 29.1 Å². The molecule has 2 aromatic carbocycles. The summed E-state index contributed by atoms with van der Waals surface area (Å²) in [5.74, 6) is -0.00564. The number of aryl methyl sites for hydroxylation is 1. The Morgan fingerprint density at radius 1 is 1.11 bits per heavy atom. The maximum Gasteiger partial charge on any atom is 0.289 e. The van der Waals surface area contributed by atoms with E-state index in [4.69, 9.17) is 4.74 Å². The van der Waals surface area contributed by atoms with E-state index < -0.39 is 0 Å². The first-order valence-corrected chi connectivity index (χ1v) is 12.0. The van der Waals surface area contributed by atoms with E-state index in [0.717, 1.165) is 38.4 Å². The van der Waals surface area contributed by atoms with Gasteiger partial charge in [-0.3, -0.25) is 14.3 Å². The zero-order chi connectivity index (χ0) is 25.1. The Bertz CT molecular complexity index is 1210. The van der Waals surface area contributed by atoms with Crippen LogP contribution >= 0.6 is 0 Å². The van der Waals surface area contributed by atoms with Crippen molar-refractivity contribution >= 4 is 5.91 Å². The van der Waals surface area contributed by atoms with Gasteiger partial charge in [0.25, 0.3) is 5.91 Å². The fraction of sp³-hybridized carbons (Fsp3) is 0.423. The Labute approximate surface area is 205 Å². The standard InChI is InChI=1S/C26H33N5O4/c1-5-27-26(34)25-29-28-24(21-13-20(16(2)3)22(32)14-23(21)33)31(25)19-7-6-18(17(4)12-19)15-30-8-10-35-11-9-30/h6-7,12-14,16,32-33H,5,8-11,15H2,1-4H3,(H,27,34). The molecule has 1 aliphatic rings. The molecule has 0 radical (unpaired) electrons. The predicted molar refractivity (Wildman–Crippen MR) is 133 cm³/mol. The lowest BCUT2D eigenvalue weighted by Crippen LogP contribution is -2.35. The second-order valence-electron chi connectivity index (χ2n) is 9.12. The lowest BCUT2D eigenvalue weighted by molar-refractivity contribution is 0.0341. The molecule has 0 spiro atoms. The van der Waals surface area contributed by atoms with Crippen molar-refractivity contribution in [3.8, 4) is 28.6 Å². The molecule has 186 valence electrons. The molecule has 1 fully saturated rings. The molecule has 0 unspecified atom stereocenters. The number of nitrogens with zero attached hydrogens (tertiary/aromatic N) is 4. The van der Waals surface area contributed by atoms with Gasteiger partial charge in [-0.25, -0.2) is 0 Å². The number of hydrogen-bond donors (Lipinski definition) is 3.